The Bertz CT molecular complexity index is 793. The number of carbonyl (C=O) groups excluding carboxylic acids is 2. The Morgan fingerprint density at radius 3 is 1.70 bits per heavy atom. The molecule has 0 saturated heterocycles. The van der Waals surface area contributed by atoms with E-state index in [-0.39, 0.29) is 0 Å². The molecule has 0 aromatic heterocycles. The summed E-state index contributed by atoms with van der Waals surface area (Å²) in [6, 6.07) is 12.2. The molecule has 2 aromatic carbocycles. The van der Waals surface area contributed by atoms with E-state index in [9.17, 15) is 9.59 Å². The van der Waals surface area contributed by atoms with Gasteiger partial charge in [0.2, 0.25) is 17.6 Å². The Morgan fingerprint density at radius 2 is 1.26 bits per heavy atom. The van der Waals surface area contributed by atoms with Crippen LogP contribution in [-0.4, -0.2) is 33.1 Å². The molecule has 144 valence electrons. The maximum Gasteiger partial charge on any atom is 0.239 e. The van der Waals surface area contributed by atoms with Gasteiger partial charge in [0, 0.05) is 23.5 Å². The second-order valence-electron chi connectivity index (χ2n) is 6.31. The van der Waals surface area contributed by atoms with E-state index in [4.69, 9.17) is 14.2 Å². The van der Waals surface area contributed by atoms with Crippen molar-refractivity contribution in [3.05, 3.63) is 42.5 Å². The summed E-state index contributed by atoms with van der Waals surface area (Å²) in [7, 11) is 4.47. The minimum absolute atomic E-state index is 0.402. The average Bonchev–Trinajstić information content (AvgIpc) is 2.67. The van der Waals surface area contributed by atoms with Crippen molar-refractivity contribution in [2.24, 2.45) is 5.41 Å². The predicted octanol–water partition coefficient (Wildman–Crippen LogP) is 3.32. The third-order valence-electron chi connectivity index (χ3n) is 4.09. The highest BCUT2D eigenvalue weighted by Crippen LogP contribution is 2.40. The van der Waals surface area contributed by atoms with Gasteiger partial charge in [0.05, 0.1) is 21.3 Å². The molecule has 0 aliphatic heterocycles. The molecule has 0 spiro atoms. The summed E-state index contributed by atoms with van der Waals surface area (Å²) < 4.78 is 15.8. The molecule has 0 radical (unpaired) electrons. The van der Waals surface area contributed by atoms with Crippen molar-refractivity contribution in [2.75, 3.05) is 32.0 Å². The molecular formula is C20H24N2O5. The molecule has 2 N–H and O–H groups in total. The standard InChI is InChI=1S/C20H24N2O5/c1-20(2,18(23)21-13-9-7-6-8-10-13)19(24)22-14-11-15(25-3)17(27-5)16(12-14)26-4/h6-12H,1-5H3,(H,21,23)(H,22,24). The lowest BCUT2D eigenvalue weighted by Gasteiger charge is -2.23. The van der Waals surface area contributed by atoms with Gasteiger partial charge in [-0.05, 0) is 26.0 Å². The molecule has 0 saturated carbocycles. The second kappa shape index (κ2) is 8.44. The lowest BCUT2D eigenvalue weighted by atomic mass is 9.90. The molecule has 0 aliphatic carbocycles. The van der Waals surface area contributed by atoms with E-state index in [1.807, 2.05) is 6.07 Å². The third-order valence-corrected chi connectivity index (χ3v) is 4.09. The molecule has 0 heterocycles. The molecule has 2 amide bonds. The summed E-state index contributed by atoms with van der Waals surface area (Å²) in [5.41, 5.74) is -0.262. The Morgan fingerprint density at radius 1 is 0.778 bits per heavy atom. The fourth-order valence-corrected chi connectivity index (χ4v) is 2.35. The lowest BCUT2D eigenvalue weighted by molar-refractivity contribution is -0.135. The Kier molecular flexibility index (Phi) is 6.28. The van der Waals surface area contributed by atoms with E-state index < -0.39 is 17.2 Å². The number of ether oxygens (including phenoxy) is 3. The molecule has 27 heavy (non-hydrogen) atoms. The zero-order valence-corrected chi connectivity index (χ0v) is 16.1. The van der Waals surface area contributed by atoms with Crippen molar-refractivity contribution in [1.82, 2.24) is 0 Å². The molecule has 0 aliphatic rings. The van der Waals surface area contributed by atoms with Crippen molar-refractivity contribution >= 4 is 23.2 Å². The van der Waals surface area contributed by atoms with Crippen LogP contribution in [0.25, 0.3) is 0 Å². The smallest absolute Gasteiger partial charge is 0.239 e. The zero-order valence-electron chi connectivity index (χ0n) is 16.1. The van der Waals surface area contributed by atoms with Gasteiger partial charge in [-0.2, -0.15) is 0 Å². The molecular weight excluding hydrogens is 348 g/mol. The van der Waals surface area contributed by atoms with Gasteiger partial charge in [-0.1, -0.05) is 18.2 Å². The highest BCUT2D eigenvalue weighted by atomic mass is 16.5. The minimum atomic E-state index is -1.31. The molecule has 2 aromatic rings. The number of para-hydroxylation sites is 1. The number of nitrogens with one attached hydrogen (secondary N) is 2. The van der Waals surface area contributed by atoms with Gasteiger partial charge in [0.15, 0.2) is 11.5 Å². The topological polar surface area (TPSA) is 85.9 Å². The number of methoxy groups -OCH3 is 3. The van der Waals surface area contributed by atoms with Gasteiger partial charge in [0.1, 0.15) is 5.41 Å². The highest BCUT2D eigenvalue weighted by Gasteiger charge is 2.36. The first-order chi connectivity index (χ1) is 12.8. The second-order valence-corrected chi connectivity index (χ2v) is 6.31. The van der Waals surface area contributed by atoms with Gasteiger partial charge < -0.3 is 24.8 Å². The molecule has 7 heteroatoms. The molecule has 2 rings (SSSR count). The van der Waals surface area contributed by atoms with Gasteiger partial charge >= 0.3 is 0 Å². The largest absolute Gasteiger partial charge is 0.493 e. The van der Waals surface area contributed by atoms with Crippen molar-refractivity contribution < 1.29 is 23.8 Å². The lowest BCUT2D eigenvalue weighted by Crippen LogP contribution is -2.41. The number of rotatable bonds is 7. The Balaban J connectivity index is 2.21. The monoisotopic (exact) mass is 372 g/mol. The summed E-state index contributed by atoms with van der Waals surface area (Å²) >= 11 is 0. The predicted molar refractivity (Wildman–Crippen MR) is 104 cm³/mol. The normalized spacial score (nSPS) is 10.7. The first-order valence-corrected chi connectivity index (χ1v) is 8.31. The first kappa shape index (κ1) is 20.1. The number of amides is 2. The van der Waals surface area contributed by atoms with Crippen LogP contribution in [0.2, 0.25) is 0 Å². The maximum atomic E-state index is 12.7. The van der Waals surface area contributed by atoms with E-state index in [0.717, 1.165) is 0 Å². The van der Waals surface area contributed by atoms with E-state index in [2.05, 4.69) is 10.6 Å². The number of benzene rings is 2. The Hall–Kier alpha value is -3.22. The van der Waals surface area contributed by atoms with Gasteiger partial charge in [-0.25, -0.2) is 0 Å². The molecule has 0 atom stereocenters. The van der Waals surface area contributed by atoms with Gasteiger partial charge in [-0.15, -0.1) is 0 Å². The van der Waals surface area contributed by atoms with Crippen LogP contribution in [0, 0.1) is 5.41 Å². The fraction of sp³-hybridized carbons (Fsp3) is 0.300. The maximum absolute atomic E-state index is 12.7. The number of carbonyl (C=O) groups is 2. The molecule has 7 nitrogen and oxygen atoms in total. The van der Waals surface area contributed by atoms with Crippen molar-refractivity contribution in [3.8, 4) is 17.2 Å². The molecule has 0 unspecified atom stereocenters. The quantitative estimate of drug-likeness (QED) is 0.728. The fourth-order valence-electron chi connectivity index (χ4n) is 2.35. The summed E-state index contributed by atoms with van der Waals surface area (Å²) in [5, 5.41) is 5.48. The summed E-state index contributed by atoms with van der Waals surface area (Å²) in [6.45, 7) is 3.11. The van der Waals surface area contributed by atoms with Crippen molar-refractivity contribution in [3.63, 3.8) is 0 Å². The van der Waals surface area contributed by atoms with E-state index >= 15 is 0 Å². The van der Waals surface area contributed by atoms with E-state index in [1.54, 1.807) is 50.2 Å². The van der Waals surface area contributed by atoms with E-state index in [1.165, 1.54) is 21.3 Å². The number of hydrogen-bond donors (Lipinski definition) is 2. The van der Waals surface area contributed by atoms with Crippen LogP contribution in [0.4, 0.5) is 11.4 Å². The SMILES string of the molecule is COc1cc(NC(=O)C(C)(C)C(=O)Nc2ccccc2)cc(OC)c1OC. The molecule has 0 fully saturated rings. The highest BCUT2D eigenvalue weighted by molar-refractivity contribution is 6.14. The van der Waals surface area contributed by atoms with Crippen LogP contribution >= 0.6 is 0 Å². The van der Waals surface area contributed by atoms with Crippen LogP contribution in [0.5, 0.6) is 17.2 Å². The molecule has 0 bridgehead atoms. The van der Waals surface area contributed by atoms with Crippen LogP contribution in [-0.2, 0) is 9.59 Å². The first-order valence-electron chi connectivity index (χ1n) is 8.31. The minimum Gasteiger partial charge on any atom is -0.493 e. The number of anilines is 2. The number of hydrogen-bond acceptors (Lipinski definition) is 5. The van der Waals surface area contributed by atoms with Crippen LogP contribution in [0.1, 0.15) is 13.8 Å². The van der Waals surface area contributed by atoms with E-state index in [0.29, 0.717) is 28.6 Å². The van der Waals surface area contributed by atoms with Gasteiger partial charge in [-0.3, -0.25) is 9.59 Å². The average molecular weight is 372 g/mol. The van der Waals surface area contributed by atoms with Crippen LogP contribution in [0.15, 0.2) is 42.5 Å². The zero-order chi connectivity index (χ0) is 20.0. The van der Waals surface area contributed by atoms with Crippen molar-refractivity contribution in [1.29, 1.82) is 0 Å². The Labute approximate surface area is 158 Å². The van der Waals surface area contributed by atoms with Crippen molar-refractivity contribution in [2.45, 2.75) is 13.8 Å². The van der Waals surface area contributed by atoms with Gasteiger partial charge in [0.25, 0.3) is 0 Å². The summed E-state index contributed by atoms with van der Waals surface area (Å²) in [6.07, 6.45) is 0. The van der Waals surface area contributed by atoms with Crippen LogP contribution in [0.3, 0.4) is 0 Å². The summed E-state index contributed by atoms with van der Waals surface area (Å²) in [5.74, 6) is 0.334. The van der Waals surface area contributed by atoms with Crippen LogP contribution < -0.4 is 24.8 Å². The summed E-state index contributed by atoms with van der Waals surface area (Å²) in [4.78, 5) is 25.3. The third kappa shape index (κ3) is 4.49.